The average Bonchev–Trinajstić information content (AvgIpc) is 2.91. The molecule has 0 radical (unpaired) electrons. The summed E-state index contributed by atoms with van der Waals surface area (Å²) in [5.74, 6) is -0.992. The Morgan fingerprint density at radius 1 is 0.878 bits per heavy atom. The number of sulfone groups is 1. The van der Waals surface area contributed by atoms with Gasteiger partial charge in [0.1, 0.15) is 17.2 Å². The number of aromatic hydroxyl groups is 1. The van der Waals surface area contributed by atoms with Gasteiger partial charge in [-0.25, -0.2) is 13.2 Å². The van der Waals surface area contributed by atoms with Crippen molar-refractivity contribution in [1.29, 1.82) is 0 Å². The smallest absolute Gasteiger partial charge is 0.347 e. The third-order valence-corrected chi connectivity index (χ3v) is 8.43. The van der Waals surface area contributed by atoms with E-state index in [1.807, 2.05) is 13.8 Å². The van der Waals surface area contributed by atoms with Gasteiger partial charge < -0.3 is 19.3 Å². The Kier molecular flexibility index (Phi) is 12.8. The van der Waals surface area contributed by atoms with Crippen molar-refractivity contribution in [2.24, 2.45) is 0 Å². The number of phenolic OH excluding ortho intramolecular Hbond substituents is 1. The SMILES string of the molecule is CCCc1c(OCCCS(=O)(=O)c2ccc(C(C)=O)c(OC(CC)C(=O)OCC)c2CCC)ccc(C(C)=O)c1O. The van der Waals surface area contributed by atoms with Crippen molar-refractivity contribution in [2.75, 3.05) is 19.0 Å². The van der Waals surface area contributed by atoms with E-state index in [2.05, 4.69) is 0 Å². The van der Waals surface area contributed by atoms with Gasteiger partial charge in [0.25, 0.3) is 0 Å². The van der Waals surface area contributed by atoms with Crippen molar-refractivity contribution in [3.05, 3.63) is 46.5 Å². The molecule has 0 aliphatic heterocycles. The van der Waals surface area contributed by atoms with Gasteiger partial charge >= 0.3 is 5.97 Å². The molecule has 41 heavy (non-hydrogen) atoms. The quantitative estimate of drug-likeness (QED) is 0.141. The van der Waals surface area contributed by atoms with Crippen LogP contribution >= 0.6 is 0 Å². The summed E-state index contributed by atoms with van der Waals surface area (Å²) in [5, 5.41) is 10.6. The van der Waals surface area contributed by atoms with Crippen molar-refractivity contribution < 1.29 is 42.1 Å². The van der Waals surface area contributed by atoms with Crippen LogP contribution in [0.1, 0.15) is 99.1 Å². The molecule has 0 bridgehead atoms. The fourth-order valence-electron chi connectivity index (χ4n) is 4.55. The first-order valence-corrected chi connectivity index (χ1v) is 15.8. The zero-order valence-corrected chi connectivity index (χ0v) is 25.7. The second-order valence-corrected chi connectivity index (χ2v) is 11.8. The first-order chi connectivity index (χ1) is 19.4. The molecule has 0 saturated carbocycles. The predicted molar refractivity (Wildman–Crippen MR) is 156 cm³/mol. The lowest BCUT2D eigenvalue weighted by atomic mass is 10.0. The first-order valence-electron chi connectivity index (χ1n) is 14.1. The number of hydrogen-bond donors (Lipinski definition) is 1. The maximum atomic E-state index is 13.5. The number of carbonyl (C=O) groups excluding carboxylic acids is 3. The van der Waals surface area contributed by atoms with Crippen LogP contribution in [0.2, 0.25) is 0 Å². The molecule has 0 aliphatic carbocycles. The van der Waals surface area contributed by atoms with Gasteiger partial charge in [0.2, 0.25) is 0 Å². The first kappa shape index (κ1) is 33.8. The Labute approximate surface area is 243 Å². The van der Waals surface area contributed by atoms with Crippen LogP contribution in [0.4, 0.5) is 0 Å². The van der Waals surface area contributed by atoms with E-state index in [9.17, 15) is 27.9 Å². The fraction of sp³-hybridized carbons (Fsp3) is 0.516. The second kappa shape index (κ2) is 15.6. The second-order valence-electron chi connectivity index (χ2n) is 9.76. The number of ketones is 2. The minimum Gasteiger partial charge on any atom is -0.507 e. The highest BCUT2D eigenvalue weighted by molar-refractivity contribution is 7.91. The minimum absolute atomic E-state index is 0.0492. The van der Waals surface area contributed by atoms with Crippen LogP contribution in [0.15, 0.2) is 29.2 Å². The van der Waals surface area contributed by atoms with Crippen LogP contribution in [0.3, 0.4) is 0 Å². The molecule has 0 heterocycles. The van der Waals surface area contributed by atoms with E-state index < -0.39 is 21.9 Å². The lowest BCUT2D eigenvalue weighted by Gasteiger charge is -2.22. The summed E-state index contributed by atoms with van der Waals surface area (Å²) < 4.78 is 44.1. The highest BCUT2D eigenvalue weighted by atomic mass is 32.2. The number of benzene rings is 2. The van der Waals surface area contributed by atoms with Gasteiger partial charge in [0.15, 0.2) is 27.5 Å². The van der Waals surface area contributed by atoms with E-state index in [1.54, 1.807) is 19.9 Å². The Balaban J connectivity index is 2.35. The molecule has 0 amide bonds. The molecule has 0 spiro atoms. The summed E-state index contributed by atoms with van der Waals surface area (Å²) in [6.07, 6.45) is 1.56. The summed E-state index contributed by atoms with van der Waals surface area (Å²) >= 11 is 0. The monoisotopic (exact) mass is 590 g/mol. The molecule has 2 aromatic rings. The van der Waals surface area contributed by atoms with E-state index >= 15 is 0 Å². The highest BCUT2D eigenvalue weighted by Crippen LogP contribution is 2.35. The molecule has 1 unspecified atom stereocenters. The van der Waals surface area contributed by atoms with E-state index in [-0.39, 0.29) is 70.9 Å². The van der Waals surface area contributed by atoms with Crippen molar-refractivity contribution >= 4 is 27.4 Å². The molecular weight excluding hydrogens is 548 g/mol. The highest BCUT2D eigenvalue weighted by Gasteiger charge is 2.28. The number of phenols is 1. The summed E-state index contributed by atoms with van der Waals surface area (Å²) in [5.41, 5.74) is 1.30. The number of esters is 1. The lowest BCUT2D eigenvalue weighted by Crippen LogP contribution is -2.30. The largest absolute Gasteiger partial charge is 0.507 e. The number of ether oxygens (including phenoxy) is 3. The van der Waals surface area contributed by atoms with Gasteiger partial charge in [-0.2, -0.15) is 0 Å². The van der Waals surface area contributed by atoms with E-state index in [0.717, 1.165) is 6.42 Å². The summed E-state index contributed by atoms with van der Waals surface area (Å²) in [6.45, 7) is 10.2. The fourth-order valence-corrected chi connectivity index (χ4v) is 6.11. The maximum absolute atomic E-state index is 13.5. The molecule has 1 atom stereocenters. The van der Waals surface area contributed by atoms with E-state index in [1.165, 1.54) is 32.0 Å². The van der Waals surface area contributed by atoms with Crippen LogP contribution < -0.4 is 9.47 Å². The Hall–Kier alpha value is -3.40. The average molecular weight is 591 g/mol. The predicted octanol–water partition coefficient (Wildman–Crippen LogP) is 5.67. The summed E-state index contributed by atoms with van der Waals surface area (Å²) in [6, 6.07) is 5.97. The van der Waals surface area contributed by atoms with Crippen molar-refractivity contribution in [2.45, 2.75) is 91.1 Å². The van der Waals surface area contributed by atoms with E-state index in [4.69, 9.17) is 14.2 Å². The van der Waals surface area contributed by atoms with Crippen LogP contribution in [0.5, 0.6) is 17.2 Å². The standard InChI is InChI=1S/C31H42O9S/c1-7-12-24-27(16-14-22(20(5)32)29(24)34)39-18-11-19-41(36,37)28-17-15-23(21(6)33)30(25(28)13-8-2)40-26(9-3)31(35)38-10-4/h14-17,26,34H,7-13,18-19H2,1-6H3. The minimum atomic E-state index is -3.83. The Bertz CT molecular complexity index is 1350. The Morgan fingerprint density at radius 3 is 2.05 bits per heavy atom. The molecule has 2 aromatic carbocycles. The molecule has 0 fully saturated rings. The Morgan fingerprint density at radius 2 is 1.49 bits per heavy atom. The lowest BCUT2D eigenvalue weighted by molar-refractivity contribution is -0.151. The molecule has 2 rings (SSSR count). The summed E-state index contributed by atoms with van der Waals surface area (Å²) in [7, 11) is -3.83. The summed E-state index contributed by atoms with van der Waals surface area (Å²) in [4.78, 5) is 36.8. The maximum Gasteiger partial charge on any atom is 0.347 e. The van der Waals surface area contributed by atoms with Gasteiger partial charge in [-0.05, 0) is 70.7 Å². The van der Waals surface area contributed by atoms with Gasteiger partial charge in [0.05, 0.1) is 35.0 Å². The van der Waals surface area contributed by atoms with Crippen LogP contribution in [0.25, 0.3) is 0 Å². The molecule has 0 aliphatic rings. The van der Waals surface area contributed by atoms with Gasteiger partial charge in [-0.15, -0.1) is 0 Å². The normalized spacial score (nSPS) is 12.0. The number of hydrogen-bond acceptors (Lipinski definition) is 9. The van der Waals surface area contributed by atoms with Gasteiger partial charge in [0, 0.05) is 11.1 Å². The topological polar surface area (TPSA) is 133 Å². The number of rotatable bonds is 17. The third kappa shape index (κ3) is 8.55. The van der Waals surface area contributed by atoms with Crippen molar-refractivity contribution in [3.63, 3.8) is 0 Å². The van der Waals surface area contributed by atoms with E-state index in [0.29, 0.717) is 36.1 Å². The zero-order valence-electron chi connectivity index (χ0n) is 24.9. The van der Waals surface area contributed by atoms with Crippen molar-refractivity contribution in [1.82, 2.24) is 0 Å². The third-order valence-electron chi connectivity index (χ3n) is 6.55. The van der Waals surface area contributed by atoms with Crippen LogP contribution in [-0.4, -0.2) is 56.1 Å². The van der Waals surface area contributed by atoms with Crippen LogP contribution in [0, 0.1) is 0 Å². The molecular formula is C31H42O9S. The van der Waals surface area contributed by atoms with Crippen LogP contribution in [-0.2, 0) is 32.2 Å². The van der Waals surface area contributed by atoms with Gasteiger partial charge in [-0.3, -0.25) is 9.59 Å². The molecule has 1 N–H and O–H groups in total. The zero-order chi connectivity index (χ0) is 30.7. The number of carbonyl (C=O) groups is 3. The van der Waals surface area contributed by atoms with Crippen molar-refractivity contribution in [3.8, 4) is 17.2 Å². The van der Waals surface area contributed by atoms with Gasteiger partial charge in [-0.1, -0.05) is 33.6 Å². The molecule has 10 heteroatoms. The molecule has 226 valence electrons. The molecule has 9 nitrogen and oxygen atoms in total. The molecule has 0 saturated heterocycles. The molecule has 0 aromatic heterocycles. The number of Topliss-reactive ketones (excluding diaryl/α,β-unsaturated/α-hetero) is 2.